The lowest BCUT2D eigenvalue weighted by atomic mass is 10.2. The zero-order valence-electron chi connectivity index (χ0n) is 13.9. The fourth-order valence-electron chi connectivity index (χ4n) is 2.27. The van der Waals surface area contributed by atoms with Crippen LogP contribution in [0.3, 0.4) is 0 Å². The number of aryl methyl sites for hydroxylation is 1. The third-order valence-corrected chi connectivity index (χ3v) is 5.08. The van der Waals surface area contributed by atoms with Crippen molar-refractivity contribution < 1.29 is 13.2 Å². The Kier molecular flexibility index (Phi) is 4.99. The van der Waals surface area contributed by atoms with Gasteiger partial charge < -0.3 is 5.32 Å². The maximum atomic E-state index is 12.4. The normalized spacial score (nSPS) is 11.1. The first-order valence-electron chi connectivity index (χ1n) is 7.76. The summed E-state index contributed by atoms with van der Waals surface area (Å²) in [6.45, 7) is 2.16. The third-order valence-electron chi connectivity index (χ3n) is 3.68. The predicted molar refractivity (Wildman–Crippen MR) is 96.0 cm³/mol. The maximum absolute atomic E-state index is 12.4. The molecule has 0 atom stereocenters. The molecule has 8 nitrogen and oxygen atoms in total. The highest BCUT2D eigenvalue weighted by molar-refractivity contribution is 7.92. The summed E-state index contributed by atoms with van der Waals surface area (Å²) in [4.78, 5) is 16.3. The summed E-state index contributed by atoms with van der Waals surface area (Å²) in [5, 5.41) is 9.43. The van der Waals surface area contributed by atoms with E-state index in [1.54, 1.807) is 24.4 Å². The van der Waals surface area contributed by atoms with E-state index in [-0.39, 0.29) is 22.1 Å². The molecule has 0 aliphatic carbocycles. The van der Waals surface area contributed by atoms with Gasteiger partial charge in [0, 0.05) is 24.0 Å². The lowest BCUT2D eigenvalue weighted by Gasteiger charge is -2.09. The number of aromatic amines is 1. The first kappa shape index (κ1) is 17.6. The van der Waals surface area contributed by atoms with Crippen molar-refractivity contribution in [2.75, 3.05) is 4.72 Å². The van der Waals surface area contributed by atoms with E-state index in [1.165, 1.54) is 30.6 Å². The maximum Gasteiger partial charge on any atom is 0.261 e. The van der Waals surface area contributed by atoms with Crippen LogP contribution in [0.2, 0.25) is 0 Å². The number of anilines is 1. The number of sulfonamides is 1. The van der Waals surface area contributed by atoms with E-state index in [2.05, 4.69) is 25.2 Å². The van der Waals surface area contributed by atoms with Gasteiger partial charge in [0.2, 0.25) is 0 Å². The fourth-order valence-corrected chi connectivity index (χ4v) is 3.32. The summed E-state index contributed by atoms with van der Waals surface area (Å²) < 4.78 is 27.1. The molecule has 0 radical (unpaired) electrons. The molecular weight excluding hydrogens is 354 g/mol. The highest BCUT2D eigenvalue weighted by Gasteiger charge is 2.15. The highest BCUT2D eigenvalue weighted by Crippen LogP contribution is 2.16. The fraction of sp³-hybridized carbons (Fsp3) is 0.118. The van der Waals surface area contributed by atoms with Crippen LogP contribution in [0.25, 0.3) is 0 Å². The SMILES string of the molecule is Cc1[nH]ncc1CNC(=O)c1cncc(NS(=O)(=O)c2ccccc2)c1. The average molecular weight is 371 g/mol. The summed E-state index contributed by atoms with van der Waals surface area (Å²) in [7, 11) is -3.74. The molecule has 9 heteroatoms. The molecule has 0 spiro atoms. The molecule has 134 valence electrons. The quantitative estimate of drug-likeness (QED) is 0.611. The van der Waals surface area contributed by atoms with Crippen molar-refractivity contribution in [2.45, 2.75) is 18.4 Å². The van der Waals surface area contributed by atoms with Gasteiger partial charge in [-0.05, 0) is 25.1 Å². The van der Waals surface area contributed by atoms with Crippen LogP contribution in [-0.2, 0) is 16.6 Å². The van der Waals surface area contributed by atoms with Gasteiger partial charge in [-0.1, -0.05) is 18.2 Å². The second-order valence-corrected chi connectivity index (χ2v) is 7.27. The summed E-state index contributed by atoms with van der Waals surface area (Å²) in [6, 6.07) is 9.40. The number of nitrogens with one attached hydrogen (secondary N) is 3. The van der Waals surface area contributed by atoms with Gasteiger partial charge in [0.25, 0.3) is 15.9 Å². The van der Waals surface area contributed by atoms with Crippen LogP contribution in [0.1, 0.15) is 21.6 Å². The van der Waals surface area contributed by atoms with Gasteiger partial charge in [0.1, 0.15) is 0 Å². The molecule has 0 bridgehead atoms. The number of hydrogen-bond acceptors (Lipinski definition) is 5. The van der Waals surface area contributed by atoms with E-state index in [0.717, 1.165) is 11.3 Å². The van der Waals surface area contributed by atoms with Crippen molar-refractivity contribution in [3.63, 3.8) is 0 Å². The summed E-state index contributed by atoms with van der Waals surface area (Å²) in [5.74, 6) is -0.362. The minimum atomic E-state index is -3.74. The van der Waals surface area contributed by atoms with E-state index in [1.807, 2.05) is 6.92 Å². The molecule has 0 saturated heterocycles. The zero-order valence-corrected chi connectivity index (χ0v) is 14.7. The van der Waals surface area contributed by atoms with Gasteiger partial charge in [-0.15, -0.1) is 0 Å². The largest absolute Gasteiger partial charge is 0.348 e. The molecule has 0 fully saturated rings. The summed E-state index contributed by atoms with van der Waals surface area (Å²) >= 11 is 0. The van der Waals surface area contributed by atoms with E-state index < -0.39 is 10.0 Å². The van der Waals surface area contributed by atoms with Gasteiger partial charge >= 0.3 is 0 Å². The minimum absolute atomic E-state index is 0.130. The Morgan fingerprint density at radius 1 is 1.15 bits per heavy atom. The van der Waals surface area contributed by atoms with Crippen LogP contribution in [-0.4, -0.2) is 29.5 Å². The van der Waals surface area contributed by atoms with Crippen LogP contribution in [0.4, 0.5) is 5.69 Å². The number of benzene rings is 1. The molecule has 1 amide bonds. The Balaban J connectivity index is 1.72. The van der Waals surface area contributed by atoms with Crippen molar-refractivity contribution in [1.29, 1.82) is 0 Å². The van der Waals surface area contributed by atoms with Crippen molar-refractivity contribution in [2.24, 2.45) is 0 Å². The Hall–Kier alpha value is -3.20. The second kappa shape index (κ2) is 7.36. The number of hydrogen-bond donors (Lipinski definition) is 3. The van der Waals surface area contributed by atoms with Crippen LogP contribution in [0.15, 0.2) is 59.9 Å². The van der Waals surface area contributed by atoms with E-state index in [9.17, 15) is 13.2 Å². The number of amides is 1. The van der Waals surface area contributed by atoms with E-state index in [4.69, 9.17) is 0 Å². The Bertz CT molecular complexity index is 1020. The first-order chi connectivity index (χ1) is 12.5. The molecule has 26 heavy (non-hydrogen) atoms. The van der Waals surface area contributed by atoms with Gasteiger partial charge in [-0.2, -0.15) is 5.10 Å². The molecule has 3 aromatic rings. The third kappa shape index (κ3) is 4.06. The second-order valence-electron chi connectivity index (χ2n) is 5.58. The standard InChI is InChI=1S/C17H17N5O3S/c1-12-14(10-20-21-12)9-19-17(23)13-7-15(11-18-8-13)22-26(24,25)16-5-3-2-4-6-16/h2-8,10-11,22H,9H2,1H3,(H,19,23)(H,20,21). The average Bonchev–Trinajstić information content (AvgIpc) is 3.05. The highest BCUT2D eigenvalue weighted by atomic mass is 32.2. The van der Waals surface area contributed by atoms with Gasteiger partial charge in [-0.25, -0.2) is 8.42 Å². The zero-order chi connectivity index (χ0) is 18.6. The molecule has 0 saturated carbocycles. The molecule has 0 unspecified atom stereocenters. The number of carbonyl (C=O) groups is 1. The number of nitrogens with zero attached hydrogens (tertiary/aromatic N) is 2. The molecule has 0 aliphatic rings. The van der Waals surface area contributed by atoms with Crippen molar-refractivity contribution in [1.82, 2.24) is 20.5 Å². The van der Waals surface area contributed by atoms with Crippen LogP contribution < -0.4 is 10.0 Å². The number of H-pyrrole nitrogens is 1. The first-order valence-corrected chi connectivity index (χ1v) is 9.24. The molecule has 0 aliphatic heterocycles. The monoisotopic (exact) mass is 371 g/mol. The van der Waals surface area contributed by atoms with Gasteiger partial charge in [0.05, 0.1) is 28.5 Å². The van der Waals surface area contributed by atoms with Crippen LogP contribution in [0, 0.1) is 6.92 Å². The predicted octanol–water partition coefficient (Wildman–Crippen LogP) is 1.84. The Morgan fingerprint density at radius 2 is 1.92 bits per heavy atom. The number of aromatic nitrogens is 3. The summed E-state index contributed by atoms with van der Waals surface area (Å²) in [6.07, 6.45) is 4.35. The lowest BCUT2D eigenvalue weighted by Crippen LogP contribution is -2.23. The van der Waals surface area contributed by atoms with E-state index in [0.29, 0.717) is 6.54 Å². The summed E-state index contributed by atoms with van der Waals surface area (Å²) in [5.41, 5.74) is 2.19. The molecule has 1 aromatic carbocycles. The van der Waals surface area contributed by atoms with Crippen molar-refractivity contribution in [3.05, 3.63) is 71.8 Å². The Morgan fingerprint density at radius 3 is 2.62 bits per heavy atom. The number of rotatable bonds is 6. The molecule has 3 N–H and O–H groups in total. The molecular formula is C17H17N5O3S. The lowest BCUT2D eigenvalue weighted by molar-refractivity contribution is 0.0950. The number of carbonyl (C=O) groups excluding carboxylic acids is 1. The topological polar surface area (TPSA) is 117 Å². The molecule has 3 rings (SSSR count). The molecule has 2 heterocycles. The Labute approximate surface area is 150 Å². The van der Waals surface area contributed by atoms with Crippen LogP contribution in [0.5, 0.6) is 0 Å². The van der Waals surface area contributed by atoms with Crippen molar-refractivity contribution >= 4 is 21.6 Å². The van der Waals surface area contributed by atoms with Gasteiger partial charge in [0.15, 0.2) is 0 Å². The van der Waals surface area contributed by atoms with Crippen LogP contribution >= 0.6 is 0 Å². The van der Waals surface area contributed by atoms with Gasteiger partial charge in [-0.3, -0.25) is 19.6 Å². The van der Waals surface area contributed by atoms with Crippen molar-refractivity contribution in [3.8, 4) is 0 Å². The molecule has 2 aromatic heterocycles. The smallest absolute Gasteiger partial charge is 0.261 e. The number of pyridine rings is 1. The minimum Gasteiger partial charge on any atom is -0.348 e. The van der Waals surface area contributed by atoms with E-state index >= 15 is 0 Å².